The summed E-state index contributed by atoms with van der Waals surface area (Å²) >= 11 is 0. The molecule has 0 aliphatic carbocycles. The number of nitrogens with one attached hydrogen (secondary N) is 2. The topological polar surface area (TPSA) is 95.1 Å². The van der Waals surface area contributed by atoms with Crippen molar-refractivity contribution in [2.45, 2.75) is 51.3 Å². The Balaban J connectivity index is 2.68. The van der Waals surface area contributed by atoms with E-state index in [1.165, 1.54) is 0 Å². The predicted molar refractivity (Wildman–Crippen MR) is 113 cm³/mol. The van der Waals surface area contributed by atoms with E-state index in [0.29, 0.717) is 25.4 Å². The minimum atomic E-state index is -2.67. The highest BCUT2D eigenvalue weighted by Crippen LogP contribution is 2.14. The number of amides is 2. The van der Waals surface area contributed by atoms with Crippen molar-refractivity contribution in [1.82, 2.24) is 10.6 Å². The van der Waals surface area contributed by atoms with Crippen molar-refractivity contribution in [2.75, 3.05) is 27.9 Å². The van der Waals surface area contributed by atoms with Crippen LogP contribution in [0.2, 0.25) is 6.04 Å². The molecule has 8 nitrogen and oxygen atoms in total. The molecule has 2 N–H and O–H groups in total. The Bertz CT molecular complexity index is 623. The Labute approximate surface area is 174 Å². The summed E-state index contributed by atoms with van der Waals surface area (Å²) < 4.78 is 21.4. The minimum Gasteiger partial charge on any atom is -0.444 e. The second-order valence-corrected chi connectivity index (χ2v) is 10.7. The minimum absolute atomic E-state index is 0.278. The first-order chi connectivity index (χ1) is 13.6. The molecule has 0 bridgehead atoms. The zero-order valence-corrected chi connectivity index (χ0v) is 19.2. The molecule has 0 heterocycles. The third-order valence-corrected chi connectivity index (χ3v) is 7.01. The third-order valence-electron chi connectivity index (χ3n) is 4.18. The number of alkyl carbamates (subject to hydrolysis) is 1. The second kappa shape index (κ2) is 11.9. The van der Waals surface area contributed by atoms with Crippen LogP contribution in [0.25, 0.3) is 0 Å². The smallest absolute Gasteiger partial charge is 0.444 e. The monoisotopic (exact) mass is 426 g/mol. The molecule has 0 aliphatic rings. The van der Waals surface area contributed by atoms with Gasteiger partial charge in [0, 0.05) is 40.3 Å². The van der Waals surface area contributed by atoms with Gasteiger partial charge in [0.1, 0.15) is 11.6 Å². The van der Waals surface area contributed by atoms with Crippen molar-refractivity contribution >= 4 is 20.8 Å². The van der Waals surface area contributed by atoms with Gasteiger partial charge in [0.25, 0.3) is 0 Å². The zero-order valence-electron chi connectivity index (χ0n) is 18.2. The number of hydrogen-bond acceptors (Lipinski definition) is 6. The van der Waals surface area contributed by atoms with Gasteiger partial charge < -0.3 is 28.6 Å². The second-order valence-electron chi connectivity index (χ2n) is 7.58. The fourth-order valence-electron chi connectivity index (χ4n) is 2.70. The van der Waals surface area contributed by atoms with Crippen molar-refractivity contribution in [3.63, 3.8) is 0 Å². The lowest BCUT2D eigenvalue weighted by atomic mass is 10.1. The maximum Gasteiger partial charge on any atom is 0.500 e. The van der Waals surface area contributed by atoms with Gasteiger partial charge in [0.2, 0.25) is 5.91 Å². The molecule has 1 rings (SSSR count). The predicted octanol–water partition coefficient (Wildman–Crippen LogP) is 2.51. The molecule has 1 aromatic rings. The summed E-state index contributed by atoms with van der Waals surface area (Å²) in [4.78, 5) is 24.9. The van der Waals surface area contributed by atoms with Crippen LogP contribution in [0.15, 0.2) is 30.3 Å². The summed E-state index contributed by atoms with van der Waals surface area (Å²) in [6, 6.07) is 9.32. The van der Waals surface area contributed by atoms with Gasteiger partial charge >= 0.3 is 14.9 Å². The first kappa shape index (κ1) is 25.1. The standard InChI is InChI=1S/C20H34N2O6Si/c1-20(2,3)28-19(24)22-17(15-16-11-8-7-9-12-16)18(23)21-13-10-14-29(25-4,26-5)27-6/h7-9,11-12,17H,10,13-15H2,1-6H3,(H,21,23)(H,22,24)/t17-/m0/s1. The molecule has 0 aliphatic heterocycles. The summed E-state index contributed by atoms with van der Waals surface area (Å²) in [5, 5.41) is 5.54. The summed E-state index contributed by atoms with van der Waals surface area (Å²) in [6.45, 7) is 5.73. The van der Waals surface area contributed by atoms with E-state index < -0.39 is 26.5 Å². The van der Waals surface area contributed by atoms with Gasteiger partial charge in [-0.2, -0.15) is 0 Å². The van der Waals surface area contributed by atoms with Gasteiger partial charge in [-0.1, -0.05) is 30.3 Å². The van der Waals surface area contributed by atoms with Gasteiger partial charge in [-0.15, -0.1) is 0 Å². The van der Waals surface area contributed by atoms with Crippen LogP contribution in [0.1, 0.15) is 32.8 Å². The van der Waals surface area contributed by atoms with Crippen molar-refractivity contribution in [2.24, 2.45) is 0 Å². The largest absolute Gasteiger partial charge is 0.500 e. The molecule has 0 radical (unpaired) electrons. The Kier molecular flexibility index (Phi) is 10.3. The van der Waals surface area contributed by atoms with Crippen molar-refractivity contribution in [3.8, 4) is 0 Å². The highest BCUT2D eigenvalue weighted by molar-refractivity contribution is 6.60. The highest BCUT2D eigenvalue weighted by Gasteiger charge is 2.37. The number of hydrogen-bond donors (Lipinski definition) is 2. The lowest BCUT2D eigenvalue weighted by Gasteiger charge is -2.25. The molecule has 164 valence electrons. The van der Waals surface area contributed by atoms with E-state index in [9.17, 15) is 9.59 Å². The normalized spacial score (nSPS) is 12.9. The fourth-order valence-corrected chi connectivity index (χ4v) is 4.43. The highest BCUT2D eigenvalue weighted by atomic mass is 28.4. The summed E-state index contributed by atoms with van der Waals surface area (Å²) in [7, 11) is 1.99. The van der Waals surface area contributed by atoms with Crippen molar-refractivity contribution < 1.29 is 27.6 Å². The van der Waals surface area contributed by atoms with Crippen LogP contribution < -0.4 is 10.6 Å². The Hall–Kier alpha value is -1.94. The molecule has 0 saturated carbocycles. The van der Waals surface area contributed by atoms with Gasteiger partial charge in [-0.3, -0.25) is 4.79 Å². The number of carbonyl (C=O) groups is 2. The van der Waals surface area contributed by atoms with Crippen molar-refractivity contribution in [1.29, 1.82) is 0 Å². The molecular weight excluding hydrogens is 392 g/mol. The van der Waals surface area contributed by atoms with Crippen LogP contribution in [0.3, 0.4) is 0 Å². The summed E-state index contributed by atoms with van der Waals surface area (Å²) in [6.07, 6.45) is 0.356. The molecule has 2 amide bonds. The van der Waals surface area contributed by atoms with E-state index in [1.807, 2.05) is 30.3 Å². The van der Waals surface area contributed by atoms with Crippen molar-refractivity contribution in [3.05, 3.63) is 35.9 Å². The van der Waals surface area contributed by atoms with E-state index in [1.54, 1.807) is 42.1 Å². The lowest BCUT2D eigenvalue weighted by molar-refractivity contribution is -0.123. The van der Waals surface area contributed by atoms with Crippen LogP contribution in [-0.2, 0) is 29.2 Å². The molecule has 9 heteroatoms. The van der Waals surface area contributed by atoms with Crippen LogP contribution >= 0.6 is 0 Å². The van der Waals surface area contributed by atoms with Gasteiger partial charge in [-0.05, 0) is 32.8 Å². The van der Waals surface area contributed by atoms with Gasteiger partial charge in [-0.25, -0.2) is 4.79 Å². The zero-order chi connectivity index (χ0) is 21.9. The lowest BCUT2D eigenvalue weighted by Crippen LogP contribution is -2.50. The van der Waals surface area contributed by atoms with Gasteiger partial charge in [0.05, 0.1) is 0 Å². The molecule has 1 atom stereocenters. The molecule has 0 aromatic heterocycles. The van der Waals surface area contributed by atoms with E-state index in [4.69, 9.17) is 18.0 Å². The van der Waals surface area contributed by atoms with E-state index in [0.717, 1.165) is 5.56 Å². The van der Waals surface area contributed by atoms with E-state index in [2.05, 4.69) is 10.6 Å². The van der Waals surface area contributed by atoms with Crippen LogP contribution in [0.5, 0.6) is 0 Å². The van der Waals surface area contributed by atoms with Crippen LogP contribution in [-0.4, -0.2) is 60.3 Å². The summed E-state index contributed by atoms with van der Waals surface area (Å²) in [5.74, 6) is -0.278. The molecule has 29 heavy (non-hydrogen) atoms. The molecule has 1 aromatic carbocycles. The molecule has 0 fully saturated rings. The third kappa shape index (κ3) is 9.40. The SMILES string of the molecule is CO[Si](CCCNC(=O)[C@H](Cc1ccccc1)NC(=O)OC(C)(C)C)(OC)OC. The number of benzene rings is 1. The average Bonchev–Trinajstić information content (AvgIpc) is 2.67. The molecular formula is C20H34N2O6Si. The van der Waals surface area contributed by atoms with Gasteiger partial charge in [0.15, 0.2) is 0 Å². The Morgan fingerprint density at radius 1 is 1.03 bits per heavy atom. The molecule has 0 spiro atoms. The van der Waals surface area contributed by atoms with E-state index >= 15 is 0 Å². The molecule has 0 unspecified atom stereocenters. The van der Waals surface area contributed by atoms with E-state index in [-0.39, 0.29) is 5.91 Å². The first-order valence-corrected chi connectivity index (χ1v) is 11.5. The quantitative estimate of drug-likeness (QED) is 0.417. The number of ether oxygens (including phenoxy) is 1. The number of carbonyl (C=O) groups excluding carboxylic acids is 2. The number of rotatable bonds is 11. The average molecular weight is 427 g/mol. The first-order valence-electron chi connectivity index (χ1n) is 9.61. The maximum atomic E-state index is 12.7. The Morgan fingerprint density at radius 3 is 2.14 bits per heavy atom. The maximum absolute atomic E-state index is 12.7. The van der Waals surface area contributed by atoms with Crippen LogP contribution in [0.4, 0.5) is 4.79 Å². The fraction of sp³-hybridized carbons (Fsp3) is 0.600. The summed E-state index contributed by atoms with van der Waals surface area (Å²) in [5.41, 5.74) is 0.292. The van der Waals surface area contributed by atoms with Crippen LogP contribution in [0, 0.1) is 0 Å². The molecule has 0 saturated heterocycles. The Morgan fingerprint density at radius 2 is 1.62 bits per heavy atom.